The third-order valence-electron chi connectivity index (χ3n) is 4.21. The van der Waals surface area contributed by atoms with E-state index in [-0.39, 0.29) is 18.4 Å². The van der Waals surface area contributed by atoms with Crippen LogP contribution in [0.2, 0.25) is 0 Å². The fourth-order valence-corrected chi connectivity index (χ4v) is 2.66. The Kier molecular flexibility index (Phi) is 7.52. The third kappa shape index (κ3) is 5.90. The first-order valence-electron chi connectivity index (χ1n) is 9.00. The van der Waals surface area contributed by atoms with E-state index >= 15 is 0 Å². The minimum atomic E-state index is -0.453. The maximum absolute atomic E-state index is 11.6. The zero-order valence-corrected chi connectivity index (χ0v) is 15.5. The number of esters is 1. The van der Waals surface area contributed by atoms with Gasteiger partial charge < -0.3 is 24.8 Å². The minimum absolute atomic E-state index is 0.175. The van der Waals surface area contributed by atoms with E-state index in [1.54, 1.807) is 13.8 Å². The molecule has 2 aliphatic rings. The van der Waals surface area contributed by atoms with Crippen LogP contribution in [0.4, 0.5) is 0 Å². The van der Waals surface area contributed by atoms with Gasteiger partial charge in [-0.2, -0.15) is 0 Å². The van der Waals surface area contributed by atoms with Crippen LogP contribution in [0.5, 0.6) is 11.5 Å². The molecule has 0 bridgehead atoms. The maximum Gasteiger partial charge on any atom is 0.309 e. The van der Waals surface area contributed by atoms with Crippen molar-refractivity contribution in [3.8, 4) is 11.5 Å². The Hall–Kier alpha value is -1.79. The van der Waals surface area contributed by atoms with E-state index in [4.69, 9.17) is 19.9 Å². The normalized spacial score (nSPS) is 17.6. The standard InChI is InChI=1S/C14H19NO4.C5H11N/c1-9(2)14(16)19-13(8-15)10-3-4-11-12(7-10)18-6-5-17-11;1-6-4-2-3-5-6/h3-4,7,9,13H,5-6,8,15H2,1-2H3;2-5H2,1H3. The maximum atomic E-state index is 11.6. The third-order valence-corrected chi connectivity index (χ3v) is 4.21. The molecule has 6 nitrogen and oxygen atoms in total. The molecule has 1 unspecified atom stereocenters. The highest BCUT2D eigenvalue weighted by Gasteiger charge is 2.20. The Morgan fingerprint density at radius 2 is 1.84 bits per heavy atom. The summed E-state index contributed by atoms with van der Waals surface area (Å²) in [4.78, 5) is 14.0. The van der Waals surface area contributed by atoms with Crippen molar-refractivity contribution in [1.82, 2.24) is 4.90 Å². The van der Waals surface area contributed by atoms with Crippen molar-refractivity contribution in [1.29, 1.82) is 0 Å². The first-order chi connectivity index (χ1) is 12.0. The second kappa shape index (κ2) is 9.63. The molecule has 2 aliphatic heterocycles. The summed E-state index contributed by atoms with van der Waals surface area (Å²) in [7, 11) is 2.17. The lowest BCUT2D eigenvalue weighted by molar-refractivity contribution is -0.152. The van der Waals surface area contributed by atoms with Gasteiger partial charge in [-0.1, -0.05) is 19.9 Å². The van der Waals surface area contributed by atoms with E-state index in [2.05, 4.69) is 11.9 Å². The second-order valence-corrected chi connectivity index (χ2v) is 6.73. The molecule has 140 valence electrons. The Balaban J connectivity index is 0.000000316. The molecule has 1 aromatic carbocycles. The molecule has 6 heteroatoms. The monoisotopic (exact) mass is 350 g/mol. The van der Waals surface area contributed by atoms with Crippen LogP contribution in [-0.2, 0) is 9.53 Å². The molecular formula is C19H30N2O4. The predicted octanol–water partition coefficient (Wildman–Crippen LogP) is 2.37. The highest BCUT2D eigenvalue weighted by molar-refractivity contribution is 5.71. The lowest BCUT2D eigenvalue weighted by atomic mass is 10.1. The largest absolute Gasteiger partial charge is 0.486 e. The van der Waals surface area contributed by atoms with Crippen LogP contribution in [0.25, 0.3) is 0 Å². The summed E-state index contributed by atoms with van der Waals surface area (Å²) in [5.74, 6) is 0.945. The van der Waals surface area contributed by atoms with Crippen LogP contribution in [0.1, 0.15) is 38.4 Å². The SMILES string of the molecule is CC(C)C(=O)OC(CN)c1ccc2c(c1)OCCO2.CN1CCCC1. The van der Waals surface area contributed by atoms with Crippen LogP contribution >= 0.6 is 0 Å². The van der Waals surface area contributed by atoms with Gasteiger partial charge >= 0.3 is 5.97 Å². The number of rotatable bonds is 4. The number of carbonyl (C=O) groups is 1. The van der Waals surface area contributed by atoms with Crippen molar-refractivity contribution in [2.24, 2.45) is 11.7 Å². The van der Waals surface area contributed by atoms with E-state index in [1.807, 2.05) is 18.2 Å². The van der Waals surface area contributed by atoms with Crippen LogP contribution in [0.3, 0.4) is 0 Å². The molecule has 2 N–H and O–H groups in total. The number of hydrogen-bond acceptors (Lipinski definition) is 6. The average Bonchev–Trinajstić information content (AvgIpc) is 3.10. The highest BCUT2D eigenvalue weighted by atomic mass is 16.6. The lowest BCUT2D eigenvalue weighted by Crippen LogP contribution is -2.22. The Labute approximate surface area is 150 Å². The Morgan fingerprint density at radius 1 is 1.20 bits per heavy atom. The fraction of sp³-hybridized carbons (Fsp3) is 0.632. The number of ether oxygens (including phenoxy) is 3. The topological polar surface area (TPSA) is 74.0 Å². The summed E-state index contributed by atoms with van der Waals surface area (Å²) in [5.41, 5.74) is 6.50. The van der Waals surface area contributed by atoms with Gasteiger partial charge in [0.15, 0.2) is 11.5 Å². The number of fused-ring (bicyclic) bond motifs is 1. The Morgan fingerprint density at radius 3 is 2.36 bits per heavy atom. The molecule has 0 amide bonds. The van der Waals surface area contributed by atoms with Crippen LogP contribution in [0.15, 0.2) is 18.2 Å². The van der Waals surface area contributed by atoms with Crippen LogP contribution < -0.4 is 15.2 Å². The molecule has 0 aliphatic carbocycles. The summed E-state index contributed by atoms with van der Waals surface area (Å²) in [5, 5.41) is 0. The zero-order valence-electron chi connectivity index (χ0n) is 15.5. The van der Waals surface area contributed by atoms with E-state index in [0.717, 1.165) is 5.56 Å². The fourth-order valence-electron chi connectivity index (χ4n) is 2.66. The Bertz CT molecular complexity index is 556. The van der Waals surface area contributed by atoms with Gasteiger partial charge in [0.1, 0.15) is 19.3 Å². The van der Waals surface area contributed by atoms with Gasteiger partial charge in [0.05, 0.1) is 5.92 Å². The van der Waals surface area contributed by atoms with Gasteiger partial charge in [-0.05, 0) is 50.7 Å². The van der Waals surface area contributed by atoms with E-state index in [1.165, 1.54) is 25.9 Å². The highest BCUT2D eigenvalue weighted by Crippen LogP contribution is 2.33. The van der Waals surface area contributed by atoms with Crippen LogP contribution in [-0.4, -0.2) is 50.8 Å². The zero-order chi connectivity index (χ0) is 18.2. The molecule has 2 heterocycles. The van der Waals surface area contributed by atoms with E-state index < -0.39 is 6.10 Å². The van der Waals surface area contributed by atoms with Gasteiger partial charge in [-0.15, -0.1) is 0 Å². The molecule has 0 spiro atoms. The minimum Gasteiger partial charge on any atom is -0.486 e. The first-order valence-corrected chi connectivity index (χ1v) is 9.00. The summed E-state index contributed by atoms with van der Waals surface area (Å²) in [6, 6.07) is 5.48. The summed E-state index contributed by atoms with van der Waals surface area (Å²) < 4.78 is 16.3. The van der Waals surface area contributed by atoms with Gasteiger partial charge in [0, 0.05) is 6.54 Å². The van der Waals surface area contributed by atoms with Gasteiger partial charge in [-0.25, -0.2) is 0 Å². The van der Waals surface area contributed by atoms with Crippen molar-refractivity contribution in [2.75, 3.05) is 39.9 Å². The number of carbonyl (C=O) groups excluding carboxylic acids is 1. The average molecular weight is 350 g/mol. The van der Waals surface area contributed by atoms with Crippen molar-refractivity contribution >= 4 is 5.97 Å². The first kappa shape index (κ1) is 19.5. The molecule has 1 aromatic rings. The number of benzene rings is 1. The lowest BCUT2D eigenvalue weighted by Gasteiger charge is -2.22. The molecule has 3 rings (SSSR count). The molecule has 1 fully saturated rings. The second-order valence-electron chi connectivity index (χ2n) is 6.73. The van der Waals surface area contributed by atoms with Crippen molar-refractivity contribution in [3.05, 3.63) is 23.8 Å². The number of likely N-dealkylation sites (tertiary alicyclic amines) is 1. The van der Waals surface area contributed by atoms with E-state index in [0.29, 0.717) is 24.7 Å². The van der Waals surface area contributed by atoms with E-state index in [9.17, 15) is 4.79 Å². The summed E-state index contributed by atoms with van der Waals surface area (Å²) in [6.07, 6.45) is 2.37. The predicted molar refractivity (Wildman–Crippen MR) is 96.9 cm³/mol. The number of hydrogen-bond donors (Lipinski definition) is 1. The molecular weight excluding hydrogens is 320 g/mol. The summed E-state index contributed by atoms with van der Waals surface area (Å²) in [6.45, 7) is 7.53. The number of nitrogens with two attached hydrogens (primary N) is 1. The van der Waals surface area contributed by atoms with Crippen molar-refractivity contribution in [2.45, 2.75) is 32.8 Å². The molecule has 0 aromatic heterocycles. The van der Waals surface area contributed by atoms with Gasteiger partial charge in [-0.3, -0.25) is 4.79 Å². The molecule has 1 atom stereocenters. The smallest absolute Gasteiger partial charge is 0.309 e. The molecule has 0 saturated carbocycles. The van der Waals surface area contributed by atoms with Gasteiger partial charge in [0.25, 0.3) is 0 Å². The summed E-state index contributed by atoms with van der Waals surface area (Å²) >= 11 is 0. The quantitative estimate of drug-likeness (QED) is 0.841. The van der Waals surface area contributed by atoms with Crippen molar-refractivity contribution in [3.63, 3.8) is 0 Å². The van der Waals surface area contributed by atoms with Gasteiger partial charge in [0.2, 0.25) is 0 Å². The number of nitrogens with zero attached hydrogens (tertiary/aromatic N) is 1. The van der Waals surface area contributed by atoms with Crippen molar-refractivity contribution < 1.29 is 19.0 Å². The molecule has 1 saturated heterocycles. The molecule has 0 radical (unpaired) electrons. The molecule has 25 heavy (non-hydrogen) atoms. The van der Waals surface area contributed by atoms with Crippen LogP contribution in [0, 0.1) is 5.92 Å².